The number of nitriles is 1. The summed E-state index contributed by atoms with van der Waals surface area (Å²) in [7, 11) is 0. The summed E-state index contributed by atoms with van der Waals surface area (Å²) in [4.78, 5) is 6.59. The molecule has 1 aromatic carbocycles. The highest BCUT2D eigenvalue weighted by molar-refractivity contribution is 5.70. The highest BCUT2D eigenvalue weighted by atomic mass is 19.4. The Balaban J connectivity index is 1.31. The fourth-order valence-electron chi connectivity index (χ4n) is 4.66. The number of rotatable bonds is 7. The van der Waals surface area contributed by atoms with Gasteiger partial charge in [0.2, 0.25) is 0 Å². The van der Waals surface area contributed by atoms with E-state index in [1.54, 1.807) is 24.4 Å². The molecule has 3 aromatic rings. The summed E-state index contributed by atoms with van der Waals surface area (Å²) in [6, 6.07) is 11.8. The van der Waals surface area contributed by atoms with E-state index >= 15 is 0 Å². The van der Waals surface area contributed by atoms with E-state index in [9.17, 15) is 13.2 Å². The molecule has 0 bridgehead atoms. The number of hydrogen-bond acceptors (Lipinski definition) is 7. The van der Waals surface area contributed by atoms with E-state index in [2.05, 4.69) is 32.8 Å². The average Bonchev–Trinajstić information content (AvgIpc) is 3.62. The van der Waals surface area contributed by atoms with E-state index in [1.807, 2.05) is 6.07 Å². The van der Waals surface area contributed by atoms with Gasteiger partial charge in [0.15, 0.2) is 0 Å². The SMILES string of the molecule is C[C@@H]1C[C@H](OCc2c(-c3ccccc3OC(F)(F)F)noc2C2CC2)CCN1c1ccc(C#N)cn1. The van der Waals surface area contributed by atoms with Crippen LogP contribution in [0.3, 0.4) is 0 Å². The Kier molecular flexibility index (Phi) is 6.58. The Morgan fingerprint density at radius 1 is 1.17 bits per heavy atom. The van der Waals surface area contributed by atoms with Crippen molar-refractivity contribution in [3.05, 3.63) is 59.5 Å². The molecule has 2 aromatic heterocycles. The third-order valence-corrected chi connectivity index (χ3v) is 6.60. The third-order valence-electron chi connectivity index (χ3n) is 6.60. The number of para-hydroxylation sites is 1. The van der Waals surface area contributed by atoms with Gasteiger partial charge in [0.05, 0.1) is 18.3 Å². The second kappa shape index (κ2) is 9.82. The summed E-state index contributed by atoms with van der Waals surface area (Å²) in [5, 5.41) is 13.1. The highest BCUT2D eigenvalue weighted by Crippen LogP contribution is 2.46. The minimum atomic E-state index is -4.82. The lowest BCUT2D eigenvalue weighted by atomic mass is 10.00. The zero-order chi connectivity index (χ0) is 25.3. The molecule has 3 heterocycles. The zero-order valence-corrected chi connectivity index (χ0v) is 19.7. The fraction of sp³-hybridized carbons (Fsp3) is 0.423. The number of pyridine rings is 1. The molecule has 2 aliphatic rings. The van der Waals surface area contributed by atoms with Crippen LogP contribution in [0.4, 0.5) is 19.0 Å². The zero-order valence-electron chi connectivity index (χ0n) is 19.7. The standard InChI is InChI=1S/C26H25F3N4O3/c1-16-12-19(10-11-33(16)23-9-6-17(13-30)14-31-23)34-15-21-24(32-36-25(21)18-7-8-18)20-4-2-3-5-22(20)35-26(27,28)29/h2-6,9,14,16,18-19H,7-8,10-12,15H2,1H3/t16-,19-/m1/s1. The van der Waals surface area contributed by atoms with Gasteiger partial charge in [-0.15, -0.1) is 13.2 Å². The van der Waals surface area contributed by atoms with Gasteiger partial charge < -0.3 is 18.9 Å². The molecule has 0 radical (unpaired) electrons. The molecule has 0 N–H and O–H groups in total. The number of hydrogen-bond donors (Lipinski definition) is 0. The first-order chi connectivity index (χ1) is 17.3. The van der Waals surface area contributed by atoms with E-state index in [0.717, 1.165) is 38.0 Å². The Morgan fingerprint density at radius 3 is 2.64 bits per heavy atom. The van der Waals surface area contributed by atoms with Gasteiger partial charge in [-0.3, -0.25) is 0 Å². The minimum absolute atomic E-state index is 0.0360. The molecule has 1 saturated carbocycles. The summed E-state index contributed by atoms with van der Waals surface area (Å²) >= 11 is 0. The van der Waals surface area contributed by atoms with E-state index in [-0.39, 0.29) is 36.0 Å². The average molecular weight is 499 g/mol. The van der Waals surface area contributed by atoms with Crippen molar-refractivity contribution in [2.24, 2.45) is 0 Å². The van der Waals surface area contributed by atoms with Crippen LogP contribution in [0.15, 0.2) is 47.1 Å². The fourth-order valence-corrected chi connectivity index (χ4v) is 4.66. The molecule has 0 unspecified atom stereocenters. The summed E-state index contributed by atoms with van der Waals surface area (Å²) < 4.78 is 55.1. The van der Waals surface area contributed by atoms with Crippen LogP contribution < -0.4 is 9.64 Å². The molecule has 7 nitrogen and oxygen atoms in total. The van der Waals surface area contributed by atoms with E-state index in [0.29, 0.717) is 22.6 Å². The molecular formula is C26H25F3N4O3. The van der Waals surface area contributed by atoms with Gasteiger partial charge in [-0.05, 0) is 56.9 Å². The van der Waals surface area contributed by atoms with Gasteiger partial charge in [0.1, 0.15) is 29.1 Å². The molecule has 2 atom stereocenters. The molecule has 2 fully saturated rings. The van der Waals surface area contributed by atoms with Crippen molar-refractivity contribution >= 4 is 5.82 Å². The normalized spacial score (nSPS) is 20.2. The molecule has 10 heteroatoms. The first-order valence-corrected chi connectivity index (χ1v) is 11.9. The Morgan fingerprint density at radius 2 is 1.97 bits per heavy atom. The number of halogens is 3. The molecular weight excluding hydrogens is 473 g/mol. The van der Waals surface area contributed by atoms with Gasteiger partial charge in [-0.1, -0.05) is 17.3 Å². The lowest BCUT2D eigenvalue weighted by Crippen LogP contribution is -2.43. The predicted molar refractivity (Wildman–Crippen MR) is 124 cm³/mol. The van der Waals surface area contributed by atoms with Crippen molar-refractivity contribution in [3.8, 4) is 23.1 Å². The van der Waals surface area contributed by atoms with Crippen molar-refractivity contribution in [2.45, 2.75) is 63.6 Å². The van der Waals surface area contributed by atoms with Crippen molar-refractivity contribution < 1.29 is 27.2 Å². The van der Waals surface area contributed by atoms with Crippen LogP contribution in [-0.2, 0) is 11.3 Å². The van der Waals surface area contributed by atoms with Crippen LogP contribution in [0.5, 0.6) is 5.75 Å². The Labute approximate surface area is 206 Å². The topological polar surface area (TPSA) is 84.4 Å². The first kappa shape index (κ1) is 24.1. The van der Waals surface area contributed by atoms with Gasteiger partial charge in [0, 0.05) is 35.8 Å². The van der Waals surface area contributed by atoms with E-state index in [1.165, 1.54) is 12.1 Å². The molecule has 188 valence electrons. The summed E-state index contributed by atoms with van der Waals surface area (Å²) in [5.74, 6) is 1.39. The lowest BCUT2D eigenvalue weighted by Gasteiger charge is -2.38. The van der Waals surface area contributed by atoms with Crippen LogP contribution in [0.2, 0.25) is 0 Å². The molecule has 1 aliphatic heterocycles. The molecule has 1 aliphatic carbocycles. The molecule has 0 amide bonds. The van der Waals surface area contributed by atoms with E-state index in [4.69, 9.17) is 14.5 Å². The Hall–Kier alpha value is -3.58. The number of aromatic nitrogens is 2. The third kappa shape index (κ3) is 5.31. The maximum absolute atomic E-state index is 13.0. The Bertz CT molecular complexity index is 1250. The smallest absolute Gasteiger partial charge is 0.405 e. The molecule has 1 saturated heterocycles. The number of alkyl halides is 3. The minimum Gasteiger partial charge on any atom is -0.405 e. The lowest BCUT2D eigenvalue weighted by molar-refractivity contribution is -0.274. The second-order valence-electron chi connectivity index (χ2n) is 9.21. The monoisotopic (exact) mass is 498 g/mol. The van der Waals surface area contributed by atoms with E-state index < -0.39 is 6.36 Å². The van der Waals surface area contributed by atoms with Crippen molar-refractivity contribution in [2.75, 3.05) is 11.4 Å². The molecule has 36 heavy (non-hydrogen) atoms. The molecule has 0 spiro atoms. The van der Waals surface area contributed by atoms with Gasteiger partial charge in [-0.25, -0.2) is 4.98 Å². The van der Waals surface area contributed by atoms with Crippen molar-refractivity contribution in [1.29, 1.82) is 5.26 Å². The summed E-state index contributed by atoms with van der Waals surface area (Å²) in [5.41, 5.74) is 1.74. The van der Waals surface area contributed by atoms with Crippen LogP contribution in [0.1, 0.15) is 55.4 Å². The van der Waals surface area contributed by atoms with Gasteiger partial charge in [0.25, 0.3) is 0 Å². The quantitative estimate of drug-likeness (QED) is 0.397. The largest absolute Gasteiger partial charge is 0.573 e. The highest BCUT2D eigenvalue weighted by Gasteiger charge is 2.36. The van der Waals surface area contributed by atoms with Crippen LogP contribution in [0.25, 0.3) is 11.3 Å². The number of benzene rings is 1. The second-order valence-corrected chi connectivity index (χ2v) is 9.21. The van der Waals surface area contributed by atoms with Crippen molar-refractivity contribution in [3.63, 3.8) is 0 Å². The number of nitrogens with zero attached hydrogens (tertiary/aromatic N) is 4. The van der Waals surface area contributed by atoms with Gasteiger partial charge in [-0.2, -0.15) is 5.26 Å². The van der Waals surface area contributed by atoms with Gasteiger partial charge >= 0.3 is 6.36 Å². The van der Waals surface area contributed by atoms with Crippen LogP contribution >= 0.6 is 0 Å². The van der Waals surface area contributed by atoms with Crippen LogP contribution in [-0.4, -0.2) is 35.2 Å². The predicted octanol–water partition coefficient (Wildman–Crippen LogP) is 5.96. The molecule has 5 rings (SSSR count). The number of ether oxygens (including phenoxy) is 2. The maximum Gasteiger partial charge on any atom is 0.573 e. The summed E-state index contributed by atoms with van der Waals surface area (Å²) in [6.45, 7) is 3.02. The number of anilines is 1. The maximum atomic E-state index is 13.0. The van der Waals surface area contributed by atoms with Crippen LogP contribution in [0, 0.1) is 11.3 Å². The number of piperidine rings is 1. The van der Waals surface area contributed by atoms with Crippen molar-refractivity contribution in [1.82, 2.24) is 10.1 Å². The summed E-state index contributed by atoms with van der Waals surface area (Å²) in [6.07, 6.45) is 0.145. The first-order valence-electron chi connectivity index (χ1n) is 11.9.